The molecule has 36 heavy (non-hydrogen) atoms. The number of fused-ring (bicyclic) bond motifs is 3. The van der Waals surface area contributed by atoms with Crippen molar-refractivity contribution in [2.45, 2.75) is 25.5 Å². The molecular weight excluding hydrogens is 507 g/mol. The maximum Gasteiger partial charge on any atom is 0.332 e. The fourth-order valence-electron chi connectivity index (χ4n) is 3.86. The van der Waals surface area contributed by atoms with Crippen LogP contribution >= 0.6 is 23.1 Å². The number of carbonyl (C=O) groups is 1. The molecule has 4 heterocycles. The average molecular weight is 529 g/mol. The van der Waals surface area contributed by atoms with Crippen molar-refractivity contribution in [2.75, 3.05) is 11.1 Å². The lowest BCUT2D eigenvalue weighted by Gasteiger charge is -2.07. The number of anilines is 1. The fraction of sp³-hybridized carbons (Fsp3) is 0.273. The number of amides is 1. The van der Waals surface area contributed by atoms with Crippen LogP contribution in [0.5, 0.6) is 0 Å². The van der Waals surface area contributed by atoms with E-state index in [9.17, 15) is 18.8 Å². The Morgan fingerprint density at radius 1 is 1.11 bits per heavy atom. The Kier molecular flexibility index (Phi) is 6.00. The summed E-state index contributed by atoms with van der Waals surface area (Å²) >= 11 is 2.52. The lowest BCUT2D eigenvalue weighted by molar-refractivity contribution is -0.113. The van der Waals surface area contributed by atoms with Crippen LogP contribution in [0.25, 0.3) is 16.9 Å². The molecule has 14 heteroatoms. The molecule has 0 unspecified atom stereocenters. The van der Waals surface area contributed by atoms with Crippen LogP contribution in [0, 0.1) is 19.7 Å². The predicted molar refractivity (Wildman–Crippen MR) is 135 cm³/mol. The molecule has 0 radical (unpaired) electrons. The van der Waals surface area contributed by atoms with Crippen molar-refractivity contribution in [3.63, 3.8) is 0 Å². The molecule has 0 spiro atoms. The van der Waals surface area contributed by atoms with Gasteiger partial charge in [-0.2, -0.15) is 0 Å². The Labute approximate surface area is 211 Å². The molecule has 0 aliphatic carbocycles. The van der Waals surface area contributed by atoms with E-state index in [0.29, 0.717) is 21.7 Å². The van der Waals surface area contributed by atoms with Gasteiger partial charge in [-0.3, -0.25) is 23.3 Å². The molecule has 0 aliphatic rings. The first kappa shape index (κ1) is 23.9. The number of nitrogens with zero attached hydrogens (tertiary/aromatic N) is 7. The van der Waals surface area contributed by atoms with Crippen molar-refractivity contribution >= 4 is 51.1 Å². The summed E-state index contributed by atoms with van der Waals surface area (Å²) in [5, 5.41) is 12.1. The third kappa shape index (κ3) is 4.01. The molecule has 0 saturated carbocycles. The molecule has 0 fully saturated rings. The standard InChI is InChI=1S/C22H21FN8O3S2/c1-11-12(2)36-19(24-11)25-15(32)10-35-21-27-26-20-30(9-13-5-7-14(23)8-6-13)16-17(31(20)21)28(3)22(34)29(4)18(16)33/h5-8H,9-10H2,1-4H3,(H,24,25,32). The van der Waals surface area contributed by atoms with E-state index in [4.69, 9.17) is 0 Å². The highest BCUT2D eigenvalue weighted by Gasteiger charge is 2.24. The zero-order valence-corrected chi connectivity index (χ0v) is 21.4. The van der Waals surface area contributed by atoms with Crippen molar-refractivity contribution < 1.29 is 9.18 Å². The topological polar surface area (TPSA) is 121 Å². The normalized spacial score (nSPS) is 11.6. The Balaban J connectivity index is 1.57. The molecule has 186 valence electrons. The summed E-state index contributed by atoms with van der Waals surface area (Å²) in [5.41, 5.74) is 1.14. The number of carbonyl (C=O) groups excluding carboxylic acids is 1. The SMILES string of the molecule is Cc1nc(NC(=O)CSc2nnc3n(Cc4ccc(F)cc4)c4c(=O)n(C)c(=O)n(C)c4n23)sc1C. The van der Waals surface area contributed by atoms with Crippen LogP contribution in [0.3, 0.4) is 0 Å². The Morgan fingerprint density at radius 2 is 1.83 bits per heavy atom. The van der Waals surface area contributed by atoms with Crippen LogP contribution in [0.1, 0.15) is 16.1 Å². The zero-order valence-electron chi connectivity index (χ0n) is 19.8. The summed E-state index contributed by atoms with van der Waals surface area (Å²) in [5.74, 6) is -0.309. The quantitative estimate of drug-likeness (QED) is 0.335. The van der Waals surface area contributed by atoms with Gasteiger partial charge in [0.2, 0.25) is 11.7 Å². The second kappa shape index (κ2) is 9.02. The van der Waals surface area contributed by atoms with Gasteiger partial charge in [-0.25, -0.2) is 18.6 Å². The van der Waals surface area contributed by atoms with E-state index in [2.05, 4.69) is 20.5 Å². The lowest BCUT2D eigenvalue weighted by Crippen LogP contribution is -2.37. The number of benzene rings is 1. The van der Waals surface area contributed by atoms with E-state index in [-0.39, 0.29) is 29.5 Å². The van der Waals surface area contributed by atoms with Gasteiger partial charge in [0.25, 0.3) is 5.56 Å². The van der Waals surface area contributed by atoms with Crippen molar-refractivity contribution in [2.24, 2.45) is 14.1 Å². The number of nitrogens with one attached hydrogen (secondary N) is 1. The Morgan fingerprint density at radius 3 is 2.50 bits per heavy atom. The first-order valence-corrected chi connectivity index (χ1v) is 12.6. The molecule has 11 nitrogen and oxygen atoms in total. The number of aromatic nitrogens is 7. The number of thioether (sulfide) groups is 1. The van der Waals surface area contributed by atoms with E-state index in [1.807, 2.05) is 13.8 Å². The minimum absolute atomic E-state index is 0.0158. The highest BCUT2D eigenvalue weighted by molar-refractivity contribution is 7.99. The summed E-state index contributed by atoms with van der Waals surface area (Å²) < 4.78 is 19.0. The second-order valence-electron chi connectivity index (χ2n) is 8.21. The average Bonchev–Trinajstić information content (AvgIpc) is 3.49. The van der Waals surface area contributed by atoms with Crippen LogP contribution in [0.4, 0.5) is 9.52 Å². The van der Waals surface area contributed by atoms with Crippen molar-refractivity contribution in [1.82, 2.24) is 33.3 Å². The van der Waals surface area contributed by atoms with Gasteiger partial charge in [0.15, 0.2) is 21.5 Å². The predicted octanol–water partition coefficient (Wildman–Crippen LogP) is 2.07. The van der Waals surface area contributed by atoms with E-state index >= 15 is 0 Å². The minimum Gasteiger partial charge on any atom is -0.301 e. The molecule has 0 atom stereocenters. The first-order chi connectivity index (χ1) is 17.2. The minimum atomic E-state index is -0.509. The smallest absolute Gasteiger partial charge is 0.301 e. The first-order valence-electron chi connectivity index (χ1n) is 10.8. The number of thiazole rings is 1. The van der Waals surface area contributed by atoms with Gasteiger partial charge in [-0.15, -0.1) is 21.5 Å². The molecule has 0 aliphatic heterocycles. The van der Waals surface area contributed by atoms with Gasteiger partial charge in [-0.05, 0) is 31.5 Å². The lowest BCUT2D eigenvalue weighted by atomic mass is 10.2. The maximum atomic E-state index is 13.4. The number of rotatable bonds is 6. The van der Waals surface area contributed by atoms with Gasteiger partial charge in [0, 0.05) is 19.0 Å². The second-order valence-corrected chi connectivity index (χ2v) is 10.4. The Hall–Kier alpha value is -3.78. The number of aryl methyl sites for hydroxylation is 3. The summed E-state index contributed by atoms with van der Waals surface area (Å²) in [4.78, 5) is 43.8. The third-order valence-corrected chi connectivity index (χ3v) is 7.73. The van der Waals surface area contributed by atoms with Crippen LogP contribution in [-0.2, 0) is 25.4 Å². The molecule has 1 amide bonds. The van der Waals surface area contributed by atoms with Gasteiger partial charge in [0.05, 0.1) is 18.0 Å². The fourth-order valence-corrected chi connectivity index (χ4v) is 5.42. The van der Waals surface area contributed by atoms with Crippen molar-refractivity contribution in [1.29, 1.82) is 0 Å². The Bertz CT molecular complexity index is 1740. The molecule has 4 aromatic heterocycles. The van der Waals surface area contributed by atoms with Crippen LogP contribution < -0.4 is 16.6 Å². The summed E-state index contributed by atoms with van der Waals surface area (Å²) in [7, 11) is 2.96. The van der Waals surface area contributed by atoms with E-state index in [0.717, 1.165) is 32.5 Å². The number of halogens is 1. The van der Waals surface area contributed by atoms with Crippen LogP contribution in [-0.4, -0.2) is 44.9 Å². The molecule has 5 aromatic rings. The highest BCUT2D eigenvalue weighted by atomic mass is 32.2. The maximum absolute atomic E-state index is 13.4. The molecule has 0 saturated heterocycles. The van der Waals surface area contributed by atoms with Gasteiger partial charge in [-0.1, -0.05) is 23.9 Å². The van der Waals surface area contributed by atoms with Gasteiger partial charge >= 0.3 is 5.69 Å². The van der Waals surface area contributed by atoms with Crippen molar-refractivity contribution in [3.8, 4) is 0 Å². The van der Waals surface area contributed by atoms with E-state index < -0.39 is 11.2 Å². The highest BCUT2D eigenvalue weighted by Crippen LogP contribution is 2.25. The van der Waals surface area contributed by atoms with Crippen LogP contribution in [0.2, 0.25) is 0 Å². The number of imidazole rings is 1. The largest absolute Gasteiger partial charge is 0.332 e. The zero-order chi connectivity index (χ0) is 25.7. The number of hydrogen-bond acceptors (Lipinski definition) is 8. The van der Waals surface area contributed by atoms with E-state index in [1.54, 1.807) is 28.1 Å². The molecule has 1 N–H and O–H groups in total. The molecule has 0 bridgehead atoms. The summed E-state index contributed by atoms with van der Waals surface area (Å²) in [6.07, 6.45) is 0. The monoisotopic (exact) mass is 528 g/mol. The molecular formula is C22H21FN8O3S2. The third-order valence-electron chi connectivity index (χ3n) is 5.81. The van der Waals surface area contributed by atoms with Gasteiger partial charge in [0.1, 0.15) is 5.82 Å². The van der Waals surface area contributed by atoms with E-state index in [1.165, 1.54) is 35.1 Å². The van der Waals surface area contributed by atoms with Crippen LogP contribution in [0.15, 0.2) is 39.0 Å². The summed E-state index contributed by atoms with van der Waals surface area (Å²) in [6, 6.07) is 5.90. The van der Waals surface area contributed by atoms with Crippen molar-refractivity contribution in [3.05, 3.63) is 67.1 Å². The molecule has 1 aromatic carbocycles. The number of hydrogen-bond donors (Lipinski definition) is 1. The molecule has 5 rings (SSSR count). The van der Waals surface area contributed by atoms with Gasteiger partial charge < -0.3 is 5.32 Å². The summed E-state index contributed by atoms with van der Waals surface area (Å²) in [6.45, 7) is 4.01.